The molecule has 0 spiro atoms. The molecule has 62 valence electrons. The highest BCUT2D eigenvalue weighted by molar-refractivity contribution is 6.28. The quantitative estimate of drug-likeness (QED) is 0.759. The van der Waals surface area contributed by atoms with E-state index >= 15 is 0 Å². The third kappa shape index (κ3) is 1.96. The largest absolute Gasteiger partial charge is 0.447 e. The summed E-state index contributed by atoms with van der Waals surface area (Å²) in [6, 6.07) is 3.42. The molecule has 2 N–H and O–H groups in total. The van der Waals surface area contributed by atoms with Crippen molar-refractivity contribution in [1.29, 1.82) is 0 Å². The standard InChI is InChI=1S/C7H10ClNO2/c1-10-6(4-9)5-2-3-7(8)11-5/h2-3,6H,4,9H2,1H3. The summed E-state index contributed by atoms with van der Waals surface area (Å²) < 4.78 is 10.1. The summed E-state index contributed by atoms with van der Waals surface area (Å²) in [5.41, 5.74) is 5.40. The number of hydrogen-bond acceptors (Lipinski definition) is 3. The lowest BCUT2D eigenvalue weighted by atomic mass is 10.3. The molecular weight excluding hydrogens is 166 g/mol. The number of hydrogen-bond donors (Lipinski definition) is 1. The minimum atomic E-state index is -0.192. The van der Waals surface area contributed by atoms with Crippen molar-refractivity contribution in [2.75, 3.05) is 13.7 Å². The molecule has 0 fully saturated rings. The van der Waals surface area contributed by atoms with Crippen LogP contribution in [0, 0.1) is 0 Å². The van der Waals surface area contributed by atoms with Crippen molar-refractivity contribution in [1.82, 2.24) is 0 Å². The van der Waals surface area contributed by atoms with Gasteiger partial charge in [-0.15, -0.1) is 0 Å². The van der Waals surface area contributed by atoms with E-state index in [1.165, 1.54) is 0 Å². The normalized spacial score (nSPS) is 13.4. The number of methoxy groups -OCH3 is 1. The van der Waals surface area contributed by atoms with Gasteiger partial charge in [0, 0.05) is 13.7 Å². The van der Waals surface area contributed by atoms with Gasteiger partial charge in [0.15, 0.2) is 5.22 Å². The lowest BCUT2D eigenvalue weighted by Crippen LogP contribution is -2.13. The van der Waals surface area contributed by atoms with E-state index in [1.54, 1.807) is 19.2 Å². The van der Waals surface area contributed by atoms with E-state index in [-0.39, 0.29) is 6.10 Å². The number of ether oxygens (including phenoxy) is 1. The summed E-state index contributed by atoms with van der Waals surface area (Å²) in [7, 11) is 1.58. The van der Waals surface area contributed by atoms with Gasteiger partial charge in [-0.1, -0.05) is 0 Å². The van der Waals surface area contributed by atoms with Crippen molar-refractivity contribution in [3.63, 3.8) is 0 Å². The van der Waals surface area contributed by atoms with E-state index in [9.17, 15) is 0 Å². The van der Waals surface area contributed by atoms with Gasteiger partial charge in [0.25, 0.3) is 0 Å². The Labute approximate surface area is 70.1 Å². The molecule has 1 atom stereocenters. The molecule has 0 saturated heterocycles. The summed E-state index contributed by atoms with van der Waals surface area (Å²) in [5, 5.41) is 0.357. The monoisotopic (exact) mass is 175 g/mol. The molecule has 4 heteroatoms. The summed E-state index contributed by atoms with van der Waals surface area (Å²) in [5.74, 6) is 0.667. The Bertz CT molecular complexity index is 220. The van der Waals surface area contributed by atoms with Gasteiger partial charge in [-0.05, 0) is 23.7 Å². The van der Waals surface area contributed by atoms with Crippen molar-refractivity contribution in [3.8, 4) is 0 Å². The molecule has 3 nitrogen and oxygen atoms in total. The molecule has 1 unspecified atom stereocenters. The van der Waals surface area contributed by atoms with Crippen LogP contribution >= 0.6 is 11.6 Å². The second kappa shape index (κ2) is 3.76. The van der Waals surface area contributed by atoms with Crippen molar-refractivity contribution >= 4 is 11.6 Å². The Hall–Kier alpha value is -0.510. The molecule has 0 aliphatic rings. The fraction of sp³-hybridized carbons (Fsp3) is 0.429. The Morgan fingerprint density at radius 1 is 1.73 bits per heavy atom. The zero-order valence-electron chi connectivity index (χ0n) is 6.21. The number of rotatable bonds is 3. The Balaban J connectivity index is 2.73. The number of nitrogens with two attached hydrogens (primary N) is 1. The van der Waals surface area contributed by atoms with Crippen molar-refractivity contribution in [3.05, 3.63) is 23.1 Å². The first-order valence-corrected chi connectivity index (χ1v) is 3.64. The van der Waals surface area contributed by atoms with Crippen LogP contribution in [0.25, 0.3) is 0 Å². The lowest BCUT2D eigenvalue weighted by Gasteiger charge is -2.08. The maximum atomic E-state index is 5.56. The zero-order valence-corrected chi connectivity index (χ0v) is 6.97. The van der Waals surface area contributed by atoms with Gasteiger partial charge in [0.1, 0.15) is 11.9 Å². The summed E-state index contributed by atoms with van der Waals surface area (Å²) in [4.78, 5) is 0. The smallest absolute Gasteiger partial charge is 0.193 e. The first-order chi connectivity index (χ1) is 5.27. The van der Waals surface area contributed by atoms with E-state index in [1.807, 2.05) is 0 Å². The molecule has 0 amide bonds. The molecule has 0 aromatic carbocycles. The van der Waals surface area contributed by atoms with E-state index in [0.717, 1.165) is 0 Å². The summed E-state index contributed by atoms with van der Waals surface area (Å²) >= 11 is 5.56. The van der Waals surface area contributed by atoms with Crippen molar-refractivity contribution in [2.24, 2.45) is 5.73 Å². The van der Waals surface area contributed by atoms with E-state index in [4.69, 9.17) is 26.5 Å². The van der Waals surface area contributed by atoms with Crippen LogP contribution in [0.15, 0.2) is 16.5 Å². The lowest BCUT2D eigenvalue weighted by molar-refractivity contribution is 0.0910. The molecule has 1 heterocycles. The van der Waals surface area contributed by atoms with E-state index in [2.05, 4.69) is 0 Å². The topological polar surface area (TPSA) is 48.4 Å². The van der Waals surface area contributed by atoms with Gasteiger partial charge >= 0.3 is 0 Å². The molecule has 0 aliphatic heterocycles. The maximum Gasteiger partial charge on any atom is 0.193 e. The zero-order chi connectivity index (χ0) is 8.27. The van der Waals surface area contributed by atoms with Gasteiger partial charge in [-0.3, -0.25) is 0 Å². The van der Waals surface area contributed by atoms with Crippen LogP contribution in [-0.4, -0.2) is 13.7 Å². The van der Waals surface area contributed by atoms with Crippen LogP contribution in [0.3, 0.4) is 0 Å². The molecule has 1 aromatic rings. The number of halogens is 1. The maximum absolute atomic E-state index is 5.56. The SMILES string of the molecule is COC(CN)c1ccc(Cl)o1. The highest BCUT2D eigenvalue weighted by Gasteiger charge is 2.11. The Kier molecular flexibility index (Phi) is 2.93. The van der Waals surface area contributed by atoms with Gasteiger partial charge in [-0.25, -0.2) is 0 Å². The van der Waals surface area contributed by atoms with E-state index in [0.29, 0.717) is 17.5 Å². The van der Waals surface area contributed by atoms with Gasteiger partial charge in [0.05, 0.1) is 0 Å². The molecule has 11 heavy (non-hydrogen) atoms. The van der Waals surface area contributed by atoms with Gasteiger partial charge in [-0.2, -0.15) is 0 Å². The van der Waals surface area contributed by atoms with Crippen LogP contribution in [-0.2, 0) is 4.74 Å². The van der Waals surface area contributed by atoms with Gasteiger partial charge in [0.2, 0.25) is 0 Å². The Morgan fingerprint density at radius 3 is 2.82 bits per heavy atom. The minimum absolute atomic E-state index is 0.192. The molecule has 1 aromatic heterocycles. The predicted octanol–water partition coefficient (Wildman–Crippen LogP) is 1.58. The molecule has 0 radical (unpaired) electrons. The predicted molar refractivity (Wildman–Crippen MR) is 42.5 cm³/mol. The third-order valence-corrected chi connectivity index (χ3v) is 1.61. The molecule has 0 saturated carbocycles. The molecule has 1 rings (SSSR count). The molecular formula is C7H10ClNO2. The van der Waals surface area contributed by atoms with Crippen LogP contribution in [0.2, 0.25) is 5.22 Å². The van der Waals surface area contributed by atoms with Crippen LogP contribution in [0.4, 0.5) is 0 Å². The Morgan fingerprint density at radius 2 is 2.45 bits per heavy atom. The molecule has 0 bridgehead atoms. The average molecular weight is 176 g/mol. The fourth-order valence-electron chi connectivity index (χ4n) is 0.830. The van der Waals surface area contributed by atoms with Crippen LogP contribution in [0.1, 0.15) is 11.9 Å². The summed E-state index contributed by atoms with van der Waals surface area (Å²) in [6.45, 7) is 0.389. The van der Waals surface area contributed by atoms with Crippen LogP contribution in [0.5, 0.6) is 0 Å². The second-order valence-electron chi connectivity index (χ2n) is 2.10. The second-order valence-corrected chi connectivity index (χ2v) is 2.47. The van der Waals surface area contributed by atoms with Crippen LogP contribution < -0.4 is 5.73 Å². The highest BCUT2D eigenvalue weighted by Crippen LogP contribution is 2.20. The number of furan rings is 1. The fourth-order valence-corrected chi connectivity index (χ4v) is 0.982. The average Bonchev–Trinajstić information content (AvgIpc) is 2.39. The minimum Gasteiger partial charge on any atom is -0.447 e. The molecule has 0 aliphatic carbocycles. The first-order valence-electron chi connectivity index (χ1n) is 3.26. The highest BCUT2D eigenvalue weighted by atomic mass is 35.5. The van der Waals surface area contributed by atoms with Crippen molar-refractivity contribution < 1.29 is 9.15 Å². The first kappa shape index (κ1) is 8.59. The van der Waals surface area contributed by atoms with Crippen molar-refractivity contribution in [2.45, 2.75) is 6.10 Å². The third-order valence-electron chi connectivity index (χ3n) is 1.41. The summed E-state index contributed by atoms with van der Waals surface area (Å²) in [6.07, 6.45) is -0.192. The van der Waals surface area contributed by atoms with E-state index < -0.39 is 0 Å². The van der Waals surface area contributed by atoms with Gasteiger partial charge < -0.3 is 14.9 Å².